The molecule has 3 rings (SSSR count). The second-order valence-corrected chi connectivity index (χ2v) is 6.31. The van der Waals surface area contributed by atoms with Gasteiger partial charge in [-0.3, -0.25) is 0 Å². The molecule has 1 heterocycles. The molecular formula is C17H10BrClF2N2O. The van der Waals surface area contributed by atoms with Crippen LogP contribution in [-0.2, 0) is 6.42 Å². The molecule has 3 nitrogen and oxygen atoms in total. The first-order valence-electron chi connectivity index (χ1n) is 6.90. The van der Waals surface area contributed by atoms with Gasteiger partial charge in [0.05, 0.1) is 11.4 Å². The van der Waals surface area contributed by atoms with E-state index in [1.165, 1.54) is 24.3 Å². The van der Waals surface area contributed by atoms with Crippen LogP contribution in [0.5, 0.6) is 0 Å². The Morgan fingerprint density at radius 1 is 1.04 bits per heavy atom. The van der Waals surface area contributed by atoms with Crippen molar-refractivity contribution in [2.75, 3.05) is 0 Å². The summed E-state index contributed by atoms with van der Waals surface area (Å²) in [6.45, 7) is 0. The van der Waals surface area contributed by atoms with Crippen LogP contribution in [-0.4, -0.2) is 10.2 Å². The molecule has 0 saturated heterocycles. The molecule has 0 spiro atoms. The molecule has 24 heavy (non-hydrogen) atoms. The Bertz CT molecular complexity index is 891. The van der Waals surface area contributed by atoms with Gasteiger partial charge in [-0.2, -0.15) is 0 Å². The van der Waals surface area contributed by atoms with Crippen LogP contribution in [0.15, 0.2) is 45.3 Å². The van der Waals surface area contributed by atoms with E-state index in [1.807, 2.05) is 0 Å². The van der Waals surface area contributed by atoms with Gasteiger partial charge in [-0.1, -0.05) is 33.6 Å². The largest absolute Gasteiger partial charge is 0.421 e. The van der Waals surface area contributed by atoms with E-state index in [0.717, 1.165) is 0 Å². The van der Waals surface area contributed by atoms with E-state index >= 15 is 0 Å². The lowest BCUT2D eigenvalue weighted by Gasteiger charge is -1.99. The van der Waals surface area contributed by atoms with E-state index in [4.69, 9.17) is 16.0 Å². The molecule has 122 valence electrons. The van der Waals surface area contributed by atoms with Crippen molar-refractivity contribution in [2.24, 2.45) is 0 Å². The monoisotopic (exact) mass is 410 g/mol. The van der Waals surface area contributed by atoms with Crippen LogP contribution in [0.3, 0.4) is 0 Å². The van der Waals surface area contributed by atoms with Crippen molar-refractivity contribution in [2.45, 2.75) is 6.42 Å². The standard InChI is InChI=1S/C17H10BrClF2N2O/c18-12-5-10(6-14(21)8-12)7-17-23-22-16(24-17)4-2-11-1-3-13(20)9-15(11)19/h1-6,8-9H,7H2/b4-2+. The lowest BCUT2D eigenvalue weighted by molar-refractivity contribution is 0.496. The molecule has 0 aliphatic rings. The number of rotatable bonds is 4. The van der Waals surface area contributed by atoms with Crippen molar-refractivity contribution >= 4 is 39.7 Å². The third-order valence-electron chi connectivity index (χ3n) is 3.13. The molecule has 0 atom stereocenters. The van der Waals surface area contributed by atoms with Crippen LogP contribution in [0.2, 0.25) is 5.02 Å². The predicted molar refractivity (Wildman–Crippen MR) is 91.5 cm³/mol. The average Bonchev–Trinajstić information content (AvgIpc) is 2.92. The molecule has 0 radical (unpaired) electrons. The van der Waals surface area contributed by atoms with Crippen molar-refractivity contribution in [3.8, 4) is 0 Å². The van der Waals surface area contributed by atoms with Gasteiger partial charge in [0.25, 0.3) is 0 Å². The van der Waals surface area contributed by atoms with Crippen LogP contribution >= 0.6 is 27.5 Å². The highest BCUT2D eigenvalue weighted by molar-refractivity contribution is 9.10. The second kappa shape index (κ2) is 7.23. The molecule has 0 bridgehead atoms. The Kier molecular flexibility index (Phi) is 5.06. The highest BCUT2D eigenvalue weighted by atomic mass is 79.9. The molecule has 0 N–H and O–H groups in total. The summed E-state index contributed by atoms with van der Waals surface area (Å²) in [7, 11) is 0. The molecule has 0 fully saturated rings. The van der Waals surface area contributed by atoms with E-state index in [0.29, 0.717) is 27.9 Å². The minimum absolute atomic E-state index is 0.279. The molecule has 0 unspecified atom stereocenters. The Balaban J connectivity index is 1.74. The minimum Gasteiger partial charge on any atom is -0.421 e. The SMILES string of the molecule is Fc1cc(Br)cc(Cc2nnc(/C=C/c3ccc(F)cc3Cl)o2)c1. The topological polar surface area (TPSA) is 38.9 Å². The van der Waals surface area contributed by atoms with E-state index in [9.17, 15) is 8.78 Å². The first-order chi connectivity index (χ1) is 11.5. The summed E-state index contributed by atoms with van der Waals surface area (Å²) >= 11 is 9.18. The summed E-state index contributed by atoms with van der Waals surface area (Å²) in [5.41, 5.74) is 1.34. The summed E-state index contributed by atoms with van der Waals surface area (Å²) in [4.78, 5) is 0. The van der Waals surface area contributed by atoms with Gasteiger partial charge in [0.1, 0.15) is 11.6 Å². The predicted octanol–water partition coefficient (Wildman–Crippen LogP) is 5.52. The fourth-order valence-electron chi connectivity index (χ4n) is 2.09. The normalized spacial score (nSPS) is 11.3. The van der Waals surface area contributed by atoms with E-state index in [1.54, 1.807) is 24.3 Å². The highest BCUT2D eigenvalue weighted by Crippen LogP contribution is 2.20. The maximum Gasteiger partial charge on any atom is 0.240 e. The maximum atomic E-state index is 13.4. The molecule has 0 aliphatic carbocycles. The van der Waals surface area contributed by atoms with Gasteiger partial charge in [-0.25, -0.2) is 8.78 Å². The molecule has 7 heteroatoms. The van der Waals surface area contributed by atoms with E-state index in [-0.39, 0.29) is 16.7 Å². The molecule has 0 amide bonds. The summed E-state index contributed by atoms with van der Waals surface area (Å²) in [5.74, 6) is -0.110. The molecule has 0 saturated carbocycles. The summed E-state index contributed by atoms with van der Waals surface area (Å²) in [6.07, 6.45) is 3.55. The third-order valence-corrected chi connectivity index (χ3v) is 3.91. The number of benzene rings is 2. The number of aromatic nitrogens is 2. The second-order valence-electron chi connectivity index (χ2n) is 4.99. The van der Waals surface area contributed by atoms with Crippen LogP contribution in [0.1, 0.15) is 22.9 Å². The fraction of sp³-hybridized carbons (Fsp3) is 0.0588. The molecular weight excluding hydrogens is 402 g/mol. The summed E-state index contributed by atoms with van der Waals surface area (Å²) < 4.78 is 32.5. The Hall–Kier alpha value is -2.05. The van der Waals surface area contributed by atoms with Gasteiger partial charge in [0.15, 0.2) is 0 Å². The molecule has 3 aromatic rings. The number of hydrogen-bond acceptors (Lipinski definition) is 3. The van der Waals surface area contributed by atoms with E-state index in [2.05, 4.69) is 26.1 Å². The molecule has 2 aromatic carbocycles. The van der Waals surface area contributed by atoms with Crippen molar-refractivity contribution < 1.29 is 13.2 Å². The van der Waals surface area contributed by atoms with E-state index < -0.39 is 5.82 Å². The van der Waals surface area contributed by atoms with Crippen molar-refractivity contribution in [3.05, 3.63) is 80.4 Å². The Labute approximate surface area is 150 Å². The van der Waals surface area contributed by atoms with Gasteiger partial charge >= 0.3 is 0 Å². The quantitative estimate of drug-likeness (QED) is 0.567. The van der Waals surface area contributed by atoms with Crippen LogP contribution in [0.25, 0.3) is 12.2 Å². The zero-order valence-corrected chi connectivity index (χ0v) is 14.5. The highest BCUT2D eigenvalue weighted by Gasteiger charge is 2.07. The van der Waals surface area contributed by atoms with Crippen LogP contribution < -0.4 is 0 Å². The first-order valence-corrected chi connectivity index (χ1v) is 8.07. The lowest BCUT2D eigenvalue weighted by Crippen LogP contribution is -1.90. The maximum absolute atomic E-state index is 13.4. The van der Waals surface area contributed by atoms with Gasteiger partial charge in [0, 0.05) is 10.5 Å². The van der Waals surface area contributed by atoms with Gasteiger partial charge < -0.3 is 4.42 Å². The Morgan fingerprint density at radius 2 is 1.88 bits per heavy atom. The van der Waals surface area contributed by atoms with Crippen molar-refractivity contribution in [1.82, 2.24) is 10.2 Å². The first kappa shape index (κ1) is 16.8. The lowest BCUT2D eigenvalue weighted by atomic mass is 10.1. The van der Waals surface area contributed by atoms with Gasteiger partial charge in [-0.05, 0) is 47.5 Å². The smallest absolute Gasteiger partial charge is 0.240 e. The van der Waals surface area contributed by atoms with Crippen LogP contribution in [0.4, 0.5) is 8.78 Å². The average molecular weight is 412 g/mol. The van der Waals surface area contributed by atoms with Gasteiger partial charge in [-0.15, -0.1) is 10.2 Å². The number of hydrogen-bond donors (Lipinski definition) is 0. The summed E-state index contributed by atoms with van der Waals surface area (Å²) in [5, 5.41) is 8.10. The number of halogens is 4. The number of nitrogens with zero attached hydrogens (tertiary/aromatic N) is 2. The zero-order chi connectivity index (χ0) is 17.1. The minimum atomic E-state index is -0.404. The zero-order valence-electron chi connectivity index (χ0n) is 12.1. The van der Waals surface area contributed by atoms with Gasteiger partial charge in [0.2, 0.25) is 11.8 Å². The molecule has 1 aromatic heterocycles. The van der Waals surface area contributed by atoms with Crippen LogP contribution in [0, 0.1) is 11.6 Å². The third kappa shape index (κ3) is 4.27. The summed E-state index contributed by atoms with van der Waals surface area (Å²) in [6, 6.07) is 8.65. The van der Waals surface area contributed by atoms with Crippen molar-refractivity contribution in [1.29, 1.82) is 0 Å². The fourth-order valence-corrected chi connectivity index (χ4v) is 2.83. The Morgan fingerprint density at radius 3 is 2.62 bits per heavy atom. The van der Waals surface area contributed by atoms with Crippen molar-refractivity contribution in [3.63, 3.8) is 0 Å². The molecule has 0 aliphatic heterocycles.